The van der Waals surface area contributed by atoms with Crippen LogP contribution in [0.1, 0.15) is 45.9 Å². The first-order valence-corrected chi connectivity index (χ1v) is 9.44. The van der Waals surface area contributed by atoms with E-state index < -0.39 is 11.7 Å². The number of aryl methyl sites for hydroxylation is 1. The molecule has 1 aliphatic carbocycles. The summed E-state index contributed by atoms with van der Waals surface area (Å²) in [4.78, 5) is 16.7. The lowest BCUT2D eigenvalue weighted by Gasteiger charge is -2.26. The Balaban J connectivity index is 1.51. The van der Waals surface area contributed by atoms with Crippen molar-refractivity contribution in [2.24, 2.45) is 0 Å². The van der Waals surface area contributed by atoms with E-state index in [0.29, 0.717) is 11.1 Å². The molecule has 29 heavy (non-hydrogen) atoms. The predicted molar refractivity (Wildman–Crippen MR) is 104 cm³/mol. The molecule has 1 aliphatic rings. The summed E-state index contributed by atoms with van der Waals surface area (Å²) in [5, 5.41) is 3.08. The number of benzene rings is 2. The first kappa shape index (κ1) is 19.2. The normalized spacial score (nSPS) is 16.2. The summed E-state index contributed by atoms with van der Waals surface area (Å²) in [7, 11) is 0. The lowest BCUT2D eigenvalue weighted by Crippen LogP contribution is -2.30. The van der Waals surface area contributed by atoms with Crippen LogP contribution in [0.3, 0.4) is 0 Å². The predicted octanol–water partition coefficient (Wildman–Crippen LogP) is 5.57. The number of alkyl halides is 3. The summed E-state index contributed by atoms with van der Waals surface area (Å²) < 4.78 is 38.7. The van der Waals surface area contributed by atoms with Crippen molar-refractivity contribution >= 4 is 5.91 Å². The Bertz CT molecular complexity index is 1030. The van der Waals surface area contributed by atoms with E-state index in [4.69, 9.17) is 0 Å². The standard InChI is InChI=1S/C23H19F3N2O/c24-23(25,26)18-12-13-27-21(14-18)16-8-10-17(11-9-16)22(29)28-20-7-3-5-15-4-1-2-6-19(15)20/h1-2,4,6,8-14,20H,3,5,7H2,(H,28,29). The molecule has 0 spiro atoms. The van der Waals surface area contributed by atoms with Crippen molar-refractivity contribution in [3.8, 4) is 11.3 Å². The maximum atomic E-state index is 12.9. The molecule has 1 N–H and O–H groups in total. The first-order chi connectivity index (χ1) is 13.9. The maximum Gasteiger partial charge on any atom is 0.416 e. The zero-order chi connectivity index (χ0) is 20.4. The van der Waals surface area contributed by atoms with Gasteiger partial charge in [-0.15, -0.1) is 0 Å². The third-order valence-corrected chi connectivity index (χ3v) is 5.20. The number of nitrogens with one attached hydrogen (secondary N) is 1. The van der Waals surface area contributed by atoms with E-state index in [2.05, 4.69) is 16.4 Å². The largest absolute Gasteiger partial charge is 0.416 e. The smallest absolute Gasteiger partial charge is 0.345 e. The average molecular weight is 396 g/mol. The molecule has 148 valence electrons. The van der Waals surface area contributed by atoms with Gasteiger partial charge in [0.05, 0.1) is 17.3 Å². The van der Waals surface area contributed by atoms with Gasteiger partial charge in [0, 0.05) is 17.3 Å². The summed E-state index contributed by atoms with van der Waals surface area (Å²) in [5.41, 5.74) is 2.86. The lowest BCUT2D eigenvalue weighted by atomic mass is 9.87. The van der Waals surface area contributed by atoms with Gasteiger partial charge in [-0.3, -0.25) is 9.78 Å². The summed E-state index contributed by atoms with van der Waals surface area (Å²) in [6.45, 7) is 0. The highest BCUT2D eigenvalue weighted by molar-refractivity contribution is 5.95. The monoisotopic (exact) mass is 396 g/mol. The van der Waals surface area contributed by atoms with Crippen molar-refractivity contribution < 1.29 is 18.0 Å². The first-order valence-electron chi connectivity index (χ1n) is 9.44. The molecule has 2 aromatic carbocycles. The number of fused-ring (bicyclic) bond motifs is 1. The minimum atomic E-state index is -4.42. The number of aromatic nitrogens is 1. The second kappa shape index (κ2) is 7.70. The molecular weight excluding hydrogens is 377 g/mol. The highest BCUT2D eigenvalue weighted by atomic mass is 19.4. The van der Waals surface area contributed by atoms with Gasteiger partial charge in [-0.05, 0) is 54.7 Å². The highest BCUT2D eigenvalue weighted by Crippen LogP contribution is 2.32. The van der Waals surface area contributed by atoms with Crippen LogP contribution in [0.15, 0.2) is 66.9 Å². The summed E-state index contributed by atoms with van der Waals surface area (Å²) in [6, 6.07) is 16.5. The molecule has 0 fully saturated rings. The number of carbonyl (C=O) groups excluding carboxylic acids is 1. The quantitative estimate of drug-likeness (QED) is 0.628. The number of amides is 1. The molecule has 0 radical (unpaired) electrons. The van der Waals surface area contributed by atoms with E-state index in [1.165, 1.54) is 5.56 Å². The summed E-state index contributed by atoms with van der Waals surface area (Å²) in [5.74, 6) is -0.199. The van der Waals surface area contributed by atoms with Gasteiger partial charge in [0.2, 0.25) is 0 Å². The van der Waals surface area contributed by atoms with Gasteiger partial charge in [-0.1, -0.05) is 36.4 Å². The van der Waals surface area contributed by atoms with Gasteiger partial charge < -0.3 is 5.32 Å². The Hall–Kier alpha value is -3.15. The molecule has 1 aromatic heterocycles. The number of rotatable bonds is 3. The van der Waals surface area contributed by atoms with Gasteiger partial charge in [0.15, 0.2) is 0 Å². The highest BCUT2D eigenvalue weighted by Gasteiger charge is 2.30. The molecule has 0 saturated carbocycles. The second-order valence-electron chi connectivity index (χ2n) is 7.12. The fraction of sp³-hybridized carbons (Fsp3) is 0.217. The van der Waals surface area contributed by atoms with E-state index in [0.717, 1.165) is 43.2 Å². The van der Waals surface area contributed by atoms with Crippen LogP contribution in [-0.4, -0.2) is 10.9 Å². The third kappa shape index (κ3) is 4.16. The molecule has 1 atom stereocenters. The SMILES string of the molecule is O=C(NC1CCCc2ccccc21)c1ccc(-c2cc(C(F)(F)F)ccn2)cc1. The fourth-order valence-corrected chi connectivity index (χ4v) is 3.70. The molecule has 4 rings (SSSR count). The number of carbonyl (C=O) groups is 1. The van der Waals surface area contributed by atoms with Crippen molar-refractivity contribution in [2.45, 2.75) is 31.5 Å². The molecule has 6 heteroatoms. The lowest BCUT2D eigenvalue weighted by molar-refractivity contribution is -0.137. The number of nitrogens with zero attached hydrogens (tertiary/aromatic N) is 1. The minimum Gasteiger partial charge on any atom is -0.345 e. The molecule has 3 aromatic rings. The topological polar surface area (TPSA) is 42.0 Å². The van der Waals surface area contributed by atoms with E-state index >= 15 is 0 Å². The van der Waals surface area contributed by atoms with Gasteiger partial charge in [0.25, 0.3) is 5.91 Å². The number of halogens is 3. The van der Waals surface area contributed by atoms with Gasteiger partial charge in [-0.25, -0.2) is 0 Å². The molecular formula is C23H19F3N2O. The average Bonchev–Trinajstić information content (AvgIpc) is 2.73. The summed E-state index contributed by atoms with van der Waals surface area (Å²) in [6.07, 6.45) is -0.370. The van der Waals surface area contributed by atoms with Crippen LogP contribution in [0, 0.1) is 0 Å². The summed E-state index contributed by atoms with van der Waals surface area (Å²) >= 11 is 0. The molecule has 0 bridgehead atoms. The third-order valence-electron chi connectivity index (χ3n) is 5.20. The van der Waals surface area contributed by atoms with E-state index in [1.54, 1.807) is 24.3 Å². The van der Waals surface area contributed by atoms with Crippen LogP contribution in [0.2, 0.25) is 0 Å². The van der Waals surface area contributed by atoms with Gasteiger partial charge in [0.1, 0.15) is 0 Å². The Morgan fingerprint density at radius 1 is 1.03 bits per heavy atom. The molecule has 3 nitrogen and oxygen atoms in total. The Morgan fingerprint density at radius 3 is 2.55 bits per heavy atom. The van der Waals surface area contributed by atoms with Crippen LogP contribution in [0.5, 0.6) is 0 Å². The van der Waals surface area contributed by atoms with Crippen LogP contribution in [-0.2, 0) is 12.6 Å². The van der Waals surface area contributed by atoms with Crippen LogP contribution >= 0.6 is 0 Å². The maximum absolute atomic E-state index is 12.9. The van der Waals surface area contributed by atoms with E-state index in [-0.39, 0.29) is 17.6 Å². The van der Waals surface area contributed by atoms with E-state index in [1.807, 2.05) is 18.2 Å². The Kier molecular flexibility index (Phi) is 5.09. The number of hydrogen-bond acceptors (Lipinski definition) is 2. The molecule has 0 aliphatic heterocycles. The minimum absolute atomic E-state index is 0.0303. The van der Waals surface area contributed by atoms with Crippen molar-refractivity contribution in [2.75, 3.05) is 0 Å². The molecule has 1 heterocycles. The number of pyridine rings is 1. The van der Waals surface area contributed by atoms with Gasteiger partial charge >= 0.3 is 6.18 Å². The van der Waals surface area contributed by atoms with Crippen molar-refractivity contribution in [3.63, 3.8) is 0 Å². The zero-order valence-electron chi connectivity index (χ0n) is 15.5. The Morgan fingerprint density at radius 2 is 1.79 bits per heavy atom. The van der Waals surface area contributed by atoms with Crippen molar-refractivity contribution in [1.82, 2.24) is 10.3 Å². The van der Waals surface area contributed by atoms with Crippen molar-refractivity contribution in [1.29, 1.82) is 0 Å². The fourth-order valence-electron chi connectivity index (χ4n) is 3.70. The molecule has 1 unspecified atom stereocenters. The molecule has 0 saturated heterocycles. The number of hydrogen-bond donors (Lipinski definition) is 1. The van der Waals surface area contributed by atoms with Crippen LogP contribution in [0.25, 0.3) is 11.3 Å². The van der Waals surface area contributed by atoms with Crippen LogP contribution < -0.4 is 5.32 Å². The zero-order valence-corrected chi connectivity index (χ0v) is 15.5. The van der Waals surface area contributed by atoms with Gasteiger partial charge in [-0.2, -0.15) is 13.2 Å². The second-order valence-corrected chi connectivity index (χ2v) is 7.12. The van der Waals surface area contributed by atoms with E-state index in [9.17, 15) is 18.0 Å². The van der Waals surface area contributed by atoms with Crippen LogP contribution in [0.4, 0.5) is 13.2 Å². The molecule has 1 amide bonds. The Labute approximate surface area is 166 Å². The van der Waals surface area contributed by atoms with Crippen molar-refractivity contribution in [3.05, 3.63) is 89.1 Å².